The Morgan fingerprint density at radius 1 is 1.29 bits per heavy atom. The van der Waals surface area contributed by atoms with E-state index in [0.29, 0.717) is 29.7 Å². The third-order valence-corrected chi connectivity index (χ3v) is 4.73. The van der Waals surface area contributed by atoms with Crippen molar-refractivity contribution in [1.29, 1.82) is 0 Å². The number of benzene rings is 1. The Kier molecular flexibility index (Phi) is 4.74. The minimum Gasteiger partial charge on any atom is -0.391 e. The quantitative estimate of drug-likeness (QED) is 0.920. The van der Waals surface area contributed by atoms with Gasteiger partial charge in [-0.15, -0.1) is 0 Å². The lowest BCUT2D eigenvalue weighted by Crippen LogP contribution is -2.33. The molecular formula is C15H19Cl2NO3. The molecular weight excluding hydrogens is 313 g/mol. The van der Waals surface area contributed by atoms with Gasteiger partial charge in [0.1, 0.15) is 0 Å². The van der Waals surface area contributed by atoms with E-state index in [1.165, 1.54) is 0 Å². The Morgan fingerprint density at radius 3 is 2.71 bits per heavy atom. The predicted molar refractivity (Wildman–Crippen MR) is 81.9 cm³/mol. The van der Waals surface area contributed by atoms with Crippen LogP contribution in [0.5, 0.6) is 0 Å². The maximum atomic E-state index is 10.4. The van der Waals surface area contributed by atoms with Crippen LogP contribution in [-0.2, 0) is 15.9 Å². The molecule has 6 heteroatoms. The van der Waals surface area contributed by atoms with E-state index in [1.54, 1.807) is 6.07 Å². The number of ether oxygens (including phenoxy) is 2. The average molecular weight is 332 g/mol. The summed E-state index contributed by atoms with van der Waals surface area (Å²) in [5, 5.41) is 11.6. The van der Waals surface area contributed by atoms with Crippen LogP contribution in [0, 0.1) is 0 Å². The molecule has 1 aromatic carbocycles. The van der Waals surface area contributed by atoms with Gasteiger partial charge in [-0.2, -0.15) is 0 Å². The molecule has 4 nitrogen and oxygen atoms in total. The monoisotopic (exact) mass is 331 g/mol. The molecule has 2 atom stereocenters. The Balaban J connectivity index is 1.73. The third kappa shape index (κ3) is 3.21. The number of hydrogen-bond acceptors (Lipinski definition) is 4. The van der Waals surface area contributed by atoms with Gasteiger partial charge in [-0.1, -0.05) is 23.2 Å². The van der Waals surface area contributed by atoms with Crippen molar-refractivity contribution in [2.24, 2.45) is 0 Å². The number of halogens is 2. The van der Waals surface area contributed by atoms with Gasteiger partial charge in [-0.25, -0.2) is 0 Å². The zero-order chi connectivity index (χ0) is 15.0. The second-order valence-electron chi connectivity index (χ2n) is 5.61. The summed E-state index contributed by atoms with van der Waals surface area (Å²) >= 11 is 12.3. The van der Waals surface area contributed by atoms with Crippen LogP contribution in [-0.4, -0.2) is 49.2 Å². The van der Waals surface area contributed by atoms with E-state index in [1.807, 2.05) is 13.1 Å². The summed E-state index contributed by atoms with van der Waals surface area (Å²) in [7, 11) is 1.99. The van der Waals surface area contributed by atoms with Crippen LogP contribution in [0.1, 0.15) is 23.6 Å². The summed E-state index contributed by atoms with van der Waals surface area (Å²) < 4.78 is 10.9. The molecule has 1 aliphatic heterocycles. The molecule has 0 radical (unpaired) electrons. The fourth-order valence-electron chi connectivity index (χ4n) is 3.18. The first-order chi connectivity index (χ1) is 10.1. The number of likely N-dealkylation sites (N-methyl/N-ethyl adjacent to an activating group) is 1. The number of nitrogens with zero attached hydrogens (tertiary/aromatic N) is 1. The van der Waals surface area contributed by atoms with Gasteiger partial charge in [0, 0.05) is 29.4 Å². The Labute approximate surface area is 134 Å². The predicted octanol–water partition coefficient (Wildman–Crippen LogP) is 2.65. The maximum Gasteiger partial charge on any atom is 0.159 e. The Hall–Kier alpha value is -0.360. The maximum absolute atomic E-state index is 10.4. The highest BCUT2D eigenvalue weighted by molar-refractivity contribution is 6.35. The van der Waals surface area contributed by atoms with Gasteiger partial charge >= 0.3 is 0 Å². The first kappa shape index (κ1) is 15.5. The highest BCUT2D eigenvalue weighted by atomic mass is 35.5. The lowest BCUT2D eigenvalue weighted by atomic mass is 10.1. The second-order valence-corrected chi connectivity index (χ2v) is 6.46. The van der Waals surface area contributed by atoms with Crippen LogP contribution in [0.2, 0.25) is 10.0 Å². The van der Waals surface area contributed by atoms with Crippen LogP contribution >= 0.6 is 23.2 Å². The molecule has 1 aromatic rings. The zero-order valence-corrected chi connectivity index (χ0v) is 13.4. The molecule has 0 bridgehead atoms. The molecule has 21 heavy (non-hydrogen) atoms. The zero-order valence-electron chi connectivity index (χ0n) is 11.9. The summed E-state index contributed by atoms with van der Waals surface area (Å²) in [6.45, 7) is 2.10. The molecule has 2 aliphatic rings. The fraction of sp³-hybridized carbons (Fsp3) is 0.600. The first-order valence-corrected chi connectivity index (χ1v) is 7.91. The summed E-state index contributed by atoms with van der Waals surface area (Å²) in [5.41, 5.74) is 2.02. The van der Waals surface area contributed by atoms with Gasteiger partial charge < -0.3 is 14.6 Å². The highest BCUT2D eigenvalue weighted by Crippen LogP contribution is 2.40. The highest BCUT2D eigenvalue weighted by Gasteiger charge is 2.35. The number of rotatable bonds is 4. The first-order valence-electron chi connectivity index (χ1n) is 7.15. The van der Waals surface area contributed by atoms with E-state index < -0.39 is 6.10 Å². The summed E-state index contributed by atoms with van der Waals surface area (Å²) in [5.74, 6) is 0. The van der Waals surface area contributed by atoms with Crippen molar-refractivity contribution < 1.29 is 14.6 Å². The van der Waals surface area contributed by atoms with Crippen molar-refractivity contribution in [2.45, 2.75) is 31.3 Å². The number of aliphatic hydroxyl groups is 1. The van der Waals surface area contributed by atoms with Crippen LogP contribution in [0.3, 0.4) is 0 Å². The molecule has 3 rings (SSSR count). The van der Waals surface area contributed by atoms with Crippen molar-refractivity contribution in [3.8, 4) is 0 Å². The third-order valence-electron chi connectivity index (χ3n) is 4.17. The van der Waals surface area contributed by atoms with E-state index in [4.69, 9.17) is 32.7 Å². The molecule has 0 aromatic heterocycles. The summed E-state index contributed by atoms with van der Waals surface area (Å²) in [6.07, 6.45) is 0.750. The van der Waals surface area contributed by atoms with E-state index in [2.05, 4.69) is 4.90 Å². The smallest absolute Gasteiger partial charge is 0.159 e. The molecule has 1 saturated heterocycles. The number of hydrogen-bond donors (Lipinski definition) is 1. The van der Waals surface area contributed by atoms with Crippen LogP contribution in [0.25, 0.3) is 0 Å². The van der Waals surface area contributed by atoms with E-state index in [-0.39, 0.29) is 12.3 Å². The molecule has 0 unspecified atom stereocenters. The molecule has 1 N–H and O–H groups in total. The normalized spacial score (nSPS) is 25.8. The van der Waals surface area contributed by atoms with Gasteiger partial charge in [0.25, 0.3) is 0 Å². The number of aliphatic hydroxyl groups excluding tert-OH is 1. The lowest BCUT2D eigenvalue weighted by Gasteiger charge is -2.28. The van der Waals surface area contributed by atoms with Crippen LogP contribution in [0.4, 0.5) is 0 Å². The van der Waals surface area contributed by atoms with E-state index in [0.717, 1.165) is 24.1 Å². The standard InChI is InChI=1S/C15H19Cl2NO3/c1-18(3-2-14-20-4-5-21-14)15-11-6-9(16)7-12(17)10(11)8-13(15)19/h6-7,13-15,19H,2-5,8H2,1H3/t13-,15+/m1/s1. The van der Waals surface area contributed by atoms with E-state index >= 15 is 0 Å². The molecule has 0 spiro atoms. The van der Waals surface area contributed by atoms with Gasteiger partial charge in [0.15, 0.2) is 6.29 Å². The Morgan fingerprint density at radius 2 is 2.00 bits per heavy atom. The van der Waals surface area contributed by atoms with Crippen molar-refractivity contribution >= 4 is 23.2 Å². The van der Waals surface area contributed by atoms with E-state index in [9.17, 15) is 5.11 Å². The molecule has 0 amide bonds. The van der Waals surface area contributed by atoms with Crippen molar-refractivity contribution in [1.82, 2.24) is 4.90 Å². The minimum atomic E-state index is -0.466. The fourth-order valence-corrected chi connectivity index (χ4v) is 3.77. The summed E-state index contributed by atoms with van der Waals surface area (Å²) in [6, 6.07) is 3.55. The topological polar surface area (TPSA) is 41.9 Å². The van der Waals surface area contributed by atoms with Gasteiger partial charge in [-0.05, 0) is 30.3 Å². The van der Waals surface area contributed by atoms with Gasteiger partial charge in [0.2, 0.25) is 0 Å². The molecule has 1 fully saturated rings. The molecule has 0 saturated carbocycles. The van der Waals surface area contributed by atoms with Crippen molar-refractivity contribution in [3.05, 3.63) is 33.3 Å². The van der Waals surface area contributed by atoms with Gasteiger partial charge in [0.05, 0.1) is 25.4 Å². The SMILES string of the molecule is CN(CCC1OCCO1)[C@H]1c2cc(Cl)cc(Cl)c2C[C@H]1O. The lowest BCUT2D eigenvalue weighted by molar-refractivity contribution is -0.0547. The molecule has 1 aliphatic carbocycles. The van der Waals surface area contributed by atoms with Crippen LogP contribution in [0.15, 0.2) is 12.1 Å². The second kappa shape index (κ2) is 6.41. The van der Waals surface area contributed by atoms with Crippen molar-refractivity contribution in [3.63, 3.8) is 0 Å². The Bertz CT molecular complexity index is 520. The van der Waals surface area contributed by atoms with Gasteiger partial charge in [-0.3, -0.25) is 4.90 Å². The molecule has 1 heterocycles. The van der Waals surface area contributed by atoms with Crippen LogP contribution < -0.4 is 0 Å². The minimum absolute atomic E-state index is 0.0856. The average Bonchev–Trinajstić information content (AvgIpc) is 3.03. The van der Waals surface area contributed by atoms with Crippen molar-refractivity contribution in [2.75, 3.05) is 26.8 Å². The molecule has 116 valence electrons. The largest absolute Gasteiger partial charge is 0.391 e. The summed E-state index contributed by atoms with van der Waals surface area (Å²) in [4.78, 5) is 2.12. The number of fused-ring (bicyclic) bond motifs is 1.